The van der Waals surface area contributed by atoms with Crippen LogP contribution in [-0.2, 0) is 10.0 Å². The van der Waals surface area contributed by atoms with Crippen LogP contribution in [0.3, 0.4) is 0 Å². The van der Waals surface area contributed by atoms with Crippen LogP contribution in [0.2, 0.25) is 0 Å². The number of thioether (sulfide) groups is 1. The number of carbonyl (C=O) groups is 1. The van der Waals surface area contributed by atoms with E-state index in [1.807, 2.05) is 0 Å². The van der Waals surface area contributed by atoms with Crippen LogP contribution >= 0.6 is 11.8 Å². The minimum Gasteiger partial charge on any atom is -0.493 e. The number of hydrogen-bond donors (Lipinski definition) is 1. The predicted octanol–water partition coefficient (Wildman–Crippen LogP) is 2.81. The molecule has 0 saturated carbocycles. The van der Waals surface area contributed by atoms with Crippen molar-refractivity contribution in [3.05, 3.63) is 54.1 Å². The summed E-state index contributed by atoms with van der Waals surface area (Å²) in [6, 6.07) is 13.0. The van der Waals surface area contributed by atoms with Gasteiger partial charge in [0.1, 0.15) is 5.75 Å². The normalized spacial score (nSPS) is 11.5. The van der Waals surface area contributed by atoms with Gasteiger partial charge in [0.15, 0.2) is 0 Å². The number of aromatic carboxylic acids is 1. The Hall–Kier alpha value is -2.03. The molecule has 0 spiro atoms. The first-order valence-corrected chi connectivity index (χ1v) is 9.85. The monoisotopic (exact) mass is 381 g/mol. The molecular formula is C17H19NO5S2. The van der Waals surface area contributed by atoms with Crippen LogP contribution in [-0.4, -0.2) is 50.3 Å². The third kappa shape index (κ3) is 4.97. The van der Waals surface area contributed by atoms with Crippen LogP contribution in [0.5, 0.6) is 5.75 Å². The van der Waals surface area contributed by atoms with Crippen molar-refractivity contribution in [2.24, 2.45) is 0 Å². The molecule has 0 fully saturated rings. The third-order valence-corrected chi connectivity index (χ3v) is 6.20. The third-order valence-electron chi connectivity index (χ3n) is 3.33. The van der Waals surface area contributed by atoms with Gasteiger partial charge in [-0.25, -0.2) is 17.5 Å². The quantitative estimate of drug-likeness (QED) is 0.559. The van der Waals surface area contributed by atoms with Crippen LogP contribution < -0.4 is 4.74 Å². The average molecular weight is 381 g/mol. The number of carboxylic acid groups (broad SMARTS) is 1. The molecule has 2 aromatic rings. The molecule has 0 bridgehead atoms. The number of sulfonamides is 1. The van der Waals surface area contributed by atoms with Crippen LogP contribution in [0, 0.1) is 0 Å². The SMILES string of the molecule is CN(C)S(=O)(=O)c1ccc(OCCSc2ccccc2C(=O)O)cc1. The van der Waals surface area contributed by atoms with Gasteiger partial charge in [0.25, 0.3) is 0 Å². The molecule has 0 aliphatic carbocycles. The van der Waals surface area contributed by atoms with Crippen LogP contribution in [0.15, 0.2) is 58.3 Å². The van der Waals surface area contributed by atoms with E-state index in [0.29, 0.717) is 23.0 Å². The minimum atomic E-state index is -3.45. The Morgan fingerprint density at radius 1 is 1.12 bits per heavy atom. The Bertz CT molecular complexity index is 832. The summed E-state index contributed by atoms with van der Waals surface area (Å²) in [7, 11) is -0.494. The lowest BCUT2D eigenvalue weighted by molar-refractivity contribution is 0.0693. The Morgan fingerprint density at radius 2 is 1.76 bits per heavy atom. The summed E-state index contributed by atoms with van der Waals surface area (Å²) in [6.07, 6.45) is 0. The van der Waals surface area contributed by atoms with E-state index in [4.69, 9.17) is 9.84 Å². The maximum Gasteiger partial charge on any atom is 0.336 e. The molecule has 0 saturated heterocycles. The second kappa shape index (κ2) is 8.37. The van der Waals surface area contributed by atoms with Gasteiger partial charge in [-0.15, -0.1) is 11.8 Å². The van der Waals surface area contributed by atoms with Crippen molar-refractivity contribution in [2.75, 3.05) is 26.5 Å². The fourth-order valence-corrected chi connectivity index (χ4v) is 3.77. The Morgan fingerprint density at radius 3 is 2.36 bits per heavy atom. The number of hydrogen-bond acceptors (Lipinski definition) is 5. The Balaban J connectivity index is 1.90. The molecule has 0 unspecified atom stereocenters. The highest BCUT2D eigenvalue weighted by Gasteiger charge is 2.16. The van der Waals surface area contributed by atoms with E-state index < -0.39 is 16.0 Å². The maximum absolute atomic E-state index is 12.0. The zero-order chi connectivity index (χ0) is 18.4. The van der Waals surface area contributed by atoms with Gasteiger partial charge in [0.05, 0.1) is 17.1 Å². The van der Waals surface area contributed by atoms with E-state index in [9.17, 15) is 13.2 Å². The van der Waals surface area contributed by atoms with Gasteiger partial charge in [0.2, 0.25) is 10.0 Å². The number of nitrogens with zero attached hydrogens (tertiary/aromatic N) is 1. The van der Waals surface area contributed by atoms with Gasteiger partial charge in [-0.05, 0) is 36.4 Å². The first-order chi connectivity index (χ1) is 11.8. The molecule has 0 atom stereocenters. The summed E-state index contributed by atoms with van der Waals surface area (Å²) >= 11 is 1.40. The van der Waals surface area contributed by atoms with Gasteiger partial charge < -0.3 is 9.84 Å². The number of ether oxygens (including phenoxy) is 1. The van der Waals surface area contributed by atoms with Crippen LogP contribution in [0.4, 0.5) is 0 Å². The molecule has 0 aliphatic heterocycles. The predicted molar refractivity (Wildman–Crippen MR) is 96.9 cm³/mol. The molecule has 0 aliphatic rings. The summed E-state index contributed by atoms with van der Waals surface area (Å²) in [5, 5.41) is 9.13. The van der Waals surface area contributed by atoms with Crippen LogP contribution in [0.25, 0.3) is 0 Å². The van der Waals surface area contributed by atoms with Gasteiger partial charge in [-0.2, -0.15) is 0 Å². The van der Waals surface area contributed by atoms with Gasteiger partial charge in [0, 0.05) is 24.7 Å². The van der Waals surface area contributed by atoms with Gasteiger partial charge in [-0.1, -0.05) is 12.1 Å². The fourth-order valence-electron chi connectivity index (χ4n) is 2.00. The summed E-state index contributed by atoms with van der Waals surface area (Å²) < 4.78 is 30.7. The lowest BCUT2D eigenvalue weighted by atomic mass is 10.2. The van der Waals surface area contributed by atoms with E-state index in [1.54, 1.807) is 36.4 Å². The van der Waals surface area contributed by atoms with E-state index >= 15 is 0 Å². The molecule has 25 heavy (non-hydrogen) atoms. The average Bonchev–Trinajstić information content (AvgIpc) is 2.59. The molecule has 0 radical (unpaired) electrons. The molecule has 0 amide bonds. The van der Waals surface area contributed by atoms with Crippen molar-refractivity contribution in [3.8, 4) is 5.75 Å². The van der Waals surface area contributed by atoms with Gasteiger partial charge >= 0.3 is 5.97 Å². The highest BCUT2D eigenvalue weighted by Crippen LogP contribution is 2.23. The highest BCUT2D eigenvalue weighted by atomic mass is 32.2. The first kappa shape index (κ1) is 19.3. The summed E-state index contributed by atoms with van der Waals surface area (Å²) in [5.41, 5.74) is 0.269. The number of rotatable bonds is 8. The molecule has 1 N–H and O–H groups in total. The zero-order valence-corrected chi connectivity index (χ0v) is 15.5. The second-order valence-electron chi connectivity index (χ2n) is 5.26. The van der Waals surface area contributed by atoms with Crippen molar-refractivity contribution in [1.29, 1.82) is 0 Å². The number of benzene rings is 2. The standard InChI is InChI=1S/C17H19NO5S2/c1-18(2)25(21,22)14-9-7-13(8-10-14)23-11-12-24-16-6-4-3-5-15(16)17(19)20/h3-10H,11-12H2,1-2H3,(H,19,20). The van der Waals surface area contributed by atoms with Crippen molar-refractivity contribution in [3.63, 3.8) is 0 Å². The second-order valence-corrected chi connectivity index (χ2v) is 8.55. The van der Waals surface area contributed by atoms with Crippen molar-refractivity contribution < 1.29 is 23.1 Å². The van der Waals surface area contributed by atoms with Crippen molar-refractivity contribution >= 4 is 27.8 Å². The molecule has 6 nitrogen and oxygen atoms in total. The maximum atomic E-state index is 12.0. The molecule has 8 heteroatoms. The Labute approximate surface area is 151 Å². The first-order valence-electron chi connectivity index (χ1n) is 7.43. The van der Waals surface area contributed by atoms with Crippen molar-refractivity contribution in [2.45, 2.75) is 9.79 Å². The van der Waals surface area contributed by atoms with E-state index in [2.05, 4.69) is 0 Å². The Kier molecular flexibility index (Phi) is 6.46. The lowest BCUT2D eigenvalue weighted by Crippen LogP contribution is -2.22. The largest absolute Gasteiger partial charge is 0.493 e. The van der Waals surface area contributed by atoms with Crippen molar-refractivity contribution in [1.82, 2.24) is 4.31 Å². The fraction of sp³-hybridized carbons (Fsp3) is 0.235. The molecular weight excluding hydrogens is 362 g/mol. The summed E-state index contributed by atoms with van der Waals surface area (Å²) in [5.74, 6) is 0.175. The topological polar surface area (TPSA) is 83.9 Å². The molecule has 2 aromatic carbocycles. The number of carboxylic acids is 1. The zero-order valence-electron chi connectivity index (χ0n) is 13.9. The smallest absolute Gasteiger partial charge is 0.336 e. The molecule has 0 heterocycles. The highest BCUT2D eigenvalue weighted by molar-refractivity contribution is 7.99. The molecule has 134 valence electrons. The lowest BCUT2D eigenvalue weighted by Gasteiger charge is -2.12. The van der Waals surface area contributed by atoms with E-state index in [-0.39, 0.29) is 10.5 Å². The van der Waals surface area contributed by atoms with E-state index in [0.717, 1.165) is 4.31 Å². The molecule has 2 rings (SSSR count). The van der Waals surface area contributed by atoms with Crippen LogP contribution in [0.1, 0.15) is 10.4 Å². The summed E-state index contributed by atoms with van der Waals surface area (Å²) in [6.45, 7) is 0.373. The van der Waals surface area contributed by atoms with E-state index in [1.165, 1.54) is 38.0 Å². The molecule has 0 aromatic heterocycles. The summed E-state index contributed by atoms with van der Waals surface area (Å²) in [4.78, 5) is 12.0. The minimum absolute atomic E-state index is 0.203. The van der Waals surface area contributed by atoms with Gasteiger partial charge in [-0.3, -0.25) is 0 Å².